The monoisotopic (exact) mass is 765 g/mol. The third-order valence-corrected chi connectivity index (χ3v) is 13.6. The molecule has 1 saturated heterocycles. The second-order valence-electron chi connectivity index (χ2n) is 17.7. The van der Waals surface area contributed by atoms with Crippen molar-refractivity contribution in [3.8, 4) is 11.6 Å². The molecule has 2 aliphatic heterocycles. The Bertz CT molecular complexity index is 1930. The van der Waals surface area contributed by atoms with Crippen LogP contribution < -0.4 is 14.2 Å². The van der Waals surface area contributed by atoms with E-state index in [1.807, 2.05) is 39.0 Å². The minimum absolute atomic E-state index is 0.0467. The van der Waals surface area contributed by atoms with Crippen LogP contribution in [0.4, 0.5) is 0 Å². The molecule has 2 amide bonds. The number of allylic oxidation sites excluding steroid dienone is 1. The first-order valence-corrected chi connectivity index (χ1v) is 20.7. The highest BCUT2D eigenvalue weighted by molar-refractivity contribution is 7.90. The average Bonchev–Trinajstić information content (AvgIpc) is 4.03. The summed E-state index contributed by atoms with van der Waals surface area (Å²) in [5, 5.41) is 1.05. The summed E-state index contributed by atoms with van der Waals surface area (Å²) in [5.41, 5.74) is -1.24. The number of ether oxygens (including phenoxy) is 3. The number of pyridine rings is 1. The molecule has 4 bridgehead atoms. The van der Waals surface area contributed by atoms with E-state index in [4.69, 9.17) is 14.2 Å². The number of carbonyl (C=O) groups excluding carboxylic acids is 4. The summed E-state index contributed by atoms with van der Waals surface area (Å²) in [7, 11) is -2.20. The van der Waals surface area contributed by atoms with Crippen LogP contribution in [-0.2, 0) is 40.4 Å². The second kappa shape index (κ2) is 14.9. The van der Waals surface area contributed by atoms with Crippen molar-refractivity contribution in [1.82, 2.24) is 14.6 Å². The predicted octanol–water partition coefficient (Wildman–Crippen LogP) is 5.70. The van der Waals surface area contributed by atoms with Crippen LogP contribution in [0.1, 0.15) is 98.0 Å². The maximum atomic E-state index is 14.7. The van der Waals surface area contributed by atoms with E-state index in [0.717, 1.165) is 47.8 Å². The number of nitrogens with zero attached hydrogens (tertiary/aromatic N) is 2. The molecule has 2 saturated carbocycles. The van der Waals surface area contributed by atoms with Gasteiger partial charge in [-0.25, -0.2) is 13.4 Å². The summed E-state index contributed by atoms with van der Waals surface area (Å²) in [6.07, 6.45) is 6.88. The number of cyclic esters (lactones) is 1. The Hall–Kier alpha value is -4.00. The first kappa shape index (κ1) is 39.7. The van der Waals surface area contributed by atoms with Gasteiger partial charge in [0.1, 0.15) is 11.9 Å². The molecule has 12 nitrogen and oxygen atoms in total. The molecule has 1 aromatic heterocycles. The normalized spacial score (nSPS) is 27.9. The van der Waals surface area contributed by atoms with Gasteiger partial charge >= 0.3 is 5.97 Å². The van der Waals surface area contributed by atoms with Gasteiger partial charge in [-0.1, -0.05) is 47.1 Å². The molecule has 4 aliphatic rings. The molecule has 3 fully saturated rings. The van der Waals surface area contributed by atoms with E-state index in [0.29, 0.717) is 18.7 Å². The third-order valence-electron chi connectivity index (χ3n) is 11.8. The molecule has 0 unspecified atom stereocenters. The number of esters is 1. The fraction of sp³-hybridized carbons (Fsp3) is 0.634. The zero-order chi connectivity index (χ0) is 39.2. The lowest BCUT2D eigenvalue weighted by atomic mass is 9.77. The van der Waals surface area contributed by atoms with Crippen LogP contribution in [0.5, 0.6) is 11.6 Å². The Morgan fingerprint density at radius 1 is 1.17 bits per heavy atom. The number of rotatable bonds is 8. The lowest BCUT2D eigenvalue weighted by molar-refractivity contribution is -0.155. The van der Waals surface area contributed by atoms with Crippen molar-refractivity contribution in [2.24, 2.45) is 28.1 Å². The fourth-order valence-electron chi connectivity index (χ4n) is 8.05. The third kappa shape index (κ3) is 8.45. The van der Waals surface area contributed by atoms with Crippen LogP contribution >= 0.6 is 0 Å². The number of aryl methyl sites for hydroxylation is 1. The van der Waals surface area contributed by atoms with Gasteiger partial charge in [0.05, 0.1) is 49.3 Å². The lowest BCUT2D eigenvalue weighted by Gasteiger charge is -2.35. The summed E-state index contributed by atoms with van der Waals surface area (Å²) in [6, 6.07) is 4.90. The molecule has 294 valence electrons. The van der Waals surface area contributed by atoms with Crippen molar-refractivity contribution in [3.05, 3.63) is 42.6 Å². The van der Waals surface area contributed by atoms with Gasteiger partial charge in [-0.05, 0) is 84.4 Å². The highest BCUT2D eigenvalue weighted by Gasteiger charge is 2.61. The van der Waals surface area contributed by atoms with Gasteiger partial charge < -0.3 is 19.1 Å². The number of aromatic nitrogens is 1. The van der Waals surface area contributed by atoms with Gasteiger partial charge in [0.15, 0.2) is 5.78 Å². The number of methoxy groups -OCH3 is 1. The summed E-state index contributed by atoms with van der Waals surface area (Å²) in [4.78, 5) is 62.2. The number of hydrogen-bond donors (Lipinski definition) is 1. The van der Waals surface area contributed by atoms with Crippen molar-refractivity contribution in [3.63, 3.8) is 0 Å². The number of benzene rings is 1. The molecular formula is C41H55N3O9S. The summed E-state index contributed by atoms with van der Waals surface area (Å²) >= 11 is 0. The van der Waals surface area contributed by atoms with Crippen LogP contribution in [0, 0.1) is 28.1 Å². The maximum absolute atomic E-state index is 14.7. The molecule has 6 rings (SSSR count). The highest BCUT2D eigenvalue weighted by atomic mass is 32.2. The number of sulfonamides is 1. The second-order valence-corrected chi connectivity index (χ2v) is 19.6. The molecule has 1 aromatic carbocycles. The van der Waals surface area contributed by atoms with Crippen molar-refractivity contribution in [2.45, 2.75) is 116 Å². The standard InChI is InChI=1S/C41H55N3O9S/c1-8-27-21-41(27,38(48)43-54(49,50)29-12-13-29)22-33(45)32-19-28-23-44(32)37(47)31(39(2,3)4)20-35(46)52-24-40(5,6)15-10-9-11-26-17-30-25(18-34(26)51-7)14-16-42-36(30)53-28/h8,14,16-18,27-29,31-32H,1,9-13,15,19-24H2,2-7H3,(H,43,48)/t27-,28+,31+,32-,41+/m0/s1. The lowest BCUT2D eigenvalue weighted by Crippen LogP contribution is -2.48. The van der Waals surface area contributed by atoms with Gasteiger partial charge in [0.2, 0.25) is 27.7 Å². The van der Waals surface area contributed by atoms with E-state index in [-0.39, 0.29) is 55.9 Å². The Morgan fingerprint density at radius 2 is 1.91 bits per heavy atom. The summed E-state index contributed by atoms with van der Waals surface area (Å²) < 4.78 is 45.9. The van der Waals surface area contributed by atoms with Gasteiger partial charge in [0.25, 0.3) is 0 Å². The van der Waals surface area contributed by atoms with Crippen LogP contribution in [0.25, 0.3) is 10.8 Å². The van der Waals surface area contributed by atoms with Crippen molar-refractivity contribution in [2.75, 3.05) is 20.3 Å². The topological polar surface area (TPSA) is 158 Å². The van der Waals surface area contributed by atoms with Gasteiger partial charge in [-0.2, -0.15) is 0 Å². The average molecular weight is 766 g/mol. The number of ketones is 1. The highest BCUT2D eigenvalue weighted by Crippen LogP contribution is 2.57. The number of hydrogen-bond acceptors (Lipinski definition) is 10. The molecule has 2 aromatic rings. The Morgan fingerprint density at radius 3 is 2.56 bits per heavy atom. The van der Waals surface area contributed by atoms with Crippen LogP contribution in [0.3, 0.4) is 0 Å². The van der Waals surface area contributed by atoms with E-state index in [2.05, 4.69) is 30.1 Å². The van der Waals surface area contributed by atoms with Crippen LogP contribution in [-0.4, -0.2) is 79.5 Å². The van der Waals surface area contributed by atoms with Crippen LogP contribution in [0.15, 0.2) is 37.1 Å². The van der Waals surface area contributed by atoms with E-state index < -0.39 is 62.0 Å². The maximum Gasteiger partial charge on any atom is 0.306 e. The van der Waals surface area contributed by atoms with Gasteiger partial charge in [0, 0.05) is 24.4 Å². The smallest absolute Gasteiger partial charge is 0.306 e. The first-order chi connectivity index (χ1) is 25.4. The Balaban J connectivity index is 1.35. The SMILES string of the molecule is C=C[C@H]1C[C@]1(CC(=O)[C@@H]1C[C@@H]2CN1C(=O)[C@H](C(C)(C)C)CC(=O)OCC(C)(C)CCCCc1cc3c(nccc3cc1OC)O2)C(=O)NS(=O)(=O)C1CC1. The number of nitrogens with one attached hydrogen (secondary N) is 1. The van der Waals surface area contributed by atoms with E-state index in [1.54, 1.807) is 19.4 Å². The zero-order valence-electron chi connectivity index (χ0n) is 32.4. The Labute approximate surface area is 318 Å². The summed E-state index contributed by atoms with van der Waals surface area (Å²) in [5.74, 6) is -2.05. The molecule has 13 heteroatoms. The number of fused-ring (bicyclic) bond motifs is 3. The van der Waals surface area contributed by atoms with Crippen molar-refractivity contribution in [1.29, 1.82) is 0 Å². The first-order valence-electron chi connectivity index (χ1n) is 19.2. The van der Waals surface area contributed by atoms with Crippen molar-refractivity contribution >= 4 is 44.4 Å². The molecule has 1 N–H and O–H groups in total. The predicted molar refractivity (Wildman–Crippen MR) is 203 cm³/mol. The molecule has 2 aliphatic carbocycles. The van der Waals surface area contributed by atoms with Gasteiger partial charge in [-0.3, -0.25) is 23.9 Å². The minimum Gasteiger partial charge on any atom is -0.496 e. The van der Waals surface area contributed by atoms with Crippen molar-refractivity contribution < 1.29 is 41.8 Å². The fourth-order valence-corrected chi connectivity index (χ4v) is 9.44. The minimum atomic E-state index is -3.85. The van der Waals surface area contributed by atoms with Crippen LogP contribution in [0.2, 0.25) is 0 Å². The zero-order valence-corrected chi connectivity index (χ0v) is 33.3. The number of Topliss-reactive ketones (excluding diaryl/α,β-unsaturated/α-hetero) is 1. The molecule has 0 radical (unpaired) electrons. The van der Waals surface area contributed by atoms with E-state index in [9.17, 15) is 27.6 Å². The molecule has 0 spiro atoms. The van der Waals surface area contributed by atoms with Gasteiger partial charge in [-0.15, -0.1) is 6.58 Å². The van der Waals surface area contributed by atoms with E-state index in [1.165, 1.54) is 4.90 Å². The number of carbonyl (C=O) groups is 4. The molecule has 54 heavy (non-hydrogen) atoms. The quantitative estimate of drug-likeness (QED) is 0.261. The molecule has 3 heterocycles. The number of amides is 2. The molecular weight excluding hydrogens is 711 g/mol. The Kier molecular flexibility index (Phi) is 11.0. The largest absolute Gasteiger partial charge is 0.496 e. The molecule has 5 atom stereocenters. The summed E-state index contributed by atoms with van der Waals surface area (Å²) in [6.45, 7) is 13.9. The van der Waals surface area contributed by atoms with E-state index >= 15 is 0 Å².